The molecule has 0 aliphatic rings. The highest BCUT2D eigenvalue weighted by Crippen LogP contribution is 2.33. The van der Waals surface area contributed by atoms with E-state index in [1.54, 1.807) is 24.3 Å². The third-order valence-corrected chi connectivity index (χ3v) is 5.04. The fourth-order valence-corrected chi connectivity index (χ4v) is 3.21. The first-order valence-corrected chi connectivity index (χ1v) is 9.99. The first-order valence-electron chi connectivity index (χ1n) is 8.62. The number of benzene rings is 2. The summed E-state index contributed by atoms with van der Waals surface area (Å²) in [6, 6.07) is 9.59. The zero-order valence-corrected chi connectivity index (χ0v) is 17.2. The topological polar surface area (TPSA) is 86.1 Å². The van der Waals surface area contributed by atoms with Gasteiger partial charge in [0.15, 0.2) is 6.61 Å². The van der Waals surface area contributed by atoms with Gasteiger partial charge in [0.25, 0.3) is 5.91 Å². The molecule has 1 amide bonds. The number of ether oxygens (including phenoxy) is 1. The second-order valence-corrected chi connectivity index (χ2v) is 7.51. The van der Waals surface area contributed by atoms with Crippen LogP contribution in [0, 0.1) is 0 Å². The number of carbonyl (C=O) groups excluding carboxylic acids is 2. The van der Waals surface area contributed by atoms with Crippen LogP contribution in [0.15, 0.2) is 60.0 Å². The van der Waals surface area contributed by atoms with Gasteiger partial charge in [0.05, 0.1) is 22.7 Å². The summed E-state index contributed by atoms with van der Waals surface area (Å²) in [5.74, 6) is -1.51. The van der Waals surface area contributed by atoms with Gasteiger partial charge in [-0.2, -0.15) is 18.3 Å². The average Bonchev–Trinajstić information content (AvgIpc) is 3.26. The number of thioether (sulfide) groups is 1. The van der Waals surface area contributed by atoms with Crippen molar-refractivity contribution in [2.45, 2.75) is 11.1 Å². The van der Waals surface area contributed by atoms with Crippen molar-refractivity contribution in [3.8, 4) is 5.69 Å². The Bertz CT molecular complexity index is 1060. The normalized spacial score (nSPS) is 11.2. The molecule has 0 spiro atoms. The van der Waals surface area contributed by atoms with E-state index in [1.807, 2.05) is 0 Å². The number of hydrogen-bond acceptors (Lipinski definition) is 6. The summed E-state index contributed by atoms with van der Waals surface area (Å²) in [5, 5.41) is 6.73. The molecule has 0 radical (unpaired) electrons. The van der Waals surface area contributed by atoms with E-state index in [0.717, 1.165) is 23.1 Å². The molecule has 0 atom stereocenters. The summed E-state index contributed by atoms with van der Waals surface area (Å²) in [6.07, 6.45) is -2.14. The number of esters is 1. The van der Waals surface area contributed by atoms with Crippen molar-refractivity contribution in [2.75, 3.05) is 17.7 Å². The zero-order chi connectivity index (χ0) is 22.4. The van der Waals surface area contributed by atoms with Gasteiger partial charge in [-0.1, -0.05) is 11.6 Å². The van der Waals surface area contributed by atoms with E-state index in [-0.39, 0.29) is 17.1 Å². The second kappa shape index (κ2) is 9.84. The summed E-state index contributed by atoms with van der Waals surface area (Å²) < 4.78 is 45.3. The monoisotopic (exact) mass is 470 g/mol. The summed E-state index contributed by atoms with van der Waals surface area (Å²) in [6.45, 7) is -0.660. The van der Waals surface area contributed by atoms with Crippen molar-refractivity contribution in [2.24, 2.45) is 0 Å². The molecule has 0 aliphatic heterocycles. The second-order valence-electron chi connectivity index (χ2n) is 6.02. The number of hydrogen-bond donors (Lipinski definition) is 1. The van der Waals surface area contributed by atoms with Gasteiger partial charge in [0, 0.05) is 9.92 Å². The molecule has 0 unspecified atom stereocenters. The van der Waals surface area contributed by atoms with E-state index >= 15 is 0 Å². The maximum atomic E-state index is 13.1. The van der Waals surface area contributed by atoms with Crippen LogP contribution in [0.3, 0.4) is 0 Å². The van der Waals surface area contributed by atoms with E-state index in [9.17, 15) is 22.8 Å². The Hall–Kier alpha value is -3.05. The summed E-state index contributed by atoms with van der Waals surface area (Å²) in [7, 11) is 0. The number of carbonyl (C=O) groups is 2. The van der Waals surface area contributed by atoms with Crippen LogP contribution in [0.25, 0.3) is 5.69 Å². The quantitative estimate of drug-likeness (QED) is 0.411. The van der Waals surface area contributed by atoms with E-state index in [2.05, 4.69) is 15.4 Å². The molecule has 12 heteroatoms. The largest absolute Gasteiger partial charge is 0.455 e. The number of rotatable bonds is 7. The van der Waals surface area contributed by atoms with Crippen LogP contribution in [-0.2, 0) is 20.5 Å². The third-order valence-electron chi connectivity index (χ3n) is 3.80. The Balaban J connectivity index is 1.61. The first kappa shape index (κ1) is 22.6. The van der Waals surface area contributed by atoms with E-state index in [4.69, 9.17) is 16.3 Å². The molecule has 0 saturated carbocycles. The minimum Gasteiger partial charge on any atom is -0.455 e. The van der Waals surface area contributed by atoms with Crippen LogP contribution >= 0.6 is 23.4 Å². The lowest BCUT2D eigenvalue weighted by atomic mass is 10.1. The predicted molar refractivity (Wildman–Crippen MR) is 108 cm³/mol. The van der Waals surface area contributed by atoms with Crippen LogP contribution in [-0.4, -0.2) is 39.0 Å². The summed E-state index contributed by atoms with van der Waals surface area (Å²) in [4.78, 5) is 28.6. The lowest BCUT2D eigenvalue weighted by Crippen LogP contribution is -2.22. The molecular formula is C19H14ClF3N4O3S. The number of aromatic nitrogens is 3. The van der Waals surface area contributed by atoms with Crippen molar-refractivity contribution in [3.63, 3.8) is 0 Å². The van der Waals surface area contributed by atoms with Crippen LogP contribution in [0.4, 0.5) is 18.9 Å². The Labute approximate surface area is 183 Å². The SMILES string of the molecule is O=C(COC(=O)CSc1ccc(Cl)cc1)Nc1cc(C(F)(F)F)ccc1-n1cncn1. The van der Waals surface area contributed by atoms with Gasteiger partial charge in [0.1, 0.15) is 12.7 Å². The number of halogens is 4. The molecule has 1 N–H and O–H groups in total. The number of amides is 1. The summed E-state index contributed by atoms with van der Waals surface area (Å²) >= 11 is 6.98. The van der Waals surface area contributed by atoms with Crippen LogP contribution < -0.4 is 5.32 Å². The number of nitrogens with zero attached hydrogens (tertiary/aromatic N) is 3. The van der Waals surface area contributed by atoms with Gasteiger partial charge < -0.3 is 10.1 Å². The minimum atomic E-state index is -4.61. The van der Waals surface area contributed by atoms with Crippen molar-refractivity contribution in [3.05, 3.63) is 65.7 Å². The maximum Gasteiger partial charge on any atom is 0.416 e. The molecule has 1 aromatic heterocycles. The number of anilines is 1. The molecule has 0 fully saturated rings. The minimum absolute atomic E-state index is 0.0529. The average molecular weight is 471 g/mol. The molecule has 0 bridgehead atoms. The van der Waals surface area contributed by atoms with Crippen molar-refractivity contribution < 1.29 is 27.5 Å². The zero-order valence-electron chi connectivity index (χ0n) is 15.6. The van der Waals surface area contributed by atoms with Gasteiger partial charge in [-0.05, 0) is 42.5 Å². The Morgan fingerprint density at radius 2 is 1.90 bits per heavy atom. The molecule has 31 heavy (non-hydrogen) atoms. The van der Waals surface area contributed by atoms with Gasteiger partial charge in [0.2, 0.25) is 0 Å². The molecule has 3 rings (SSSR count). The smallest absolute Gasteiger partial charge is 0.416 e. The third kappa shape index (κ3) is 6.46. The molecule has 3 aromatic rings. The van der Waals surface area contributed by atoms with E-state index in [1.165, 1.54) is 29.1 Å². The first-order chi connectivity index (χ1) is 14.7. The molecule has 162 valence electrons. The fraction of sp³-hybridized carbons (Fsp3) is 0.158. The lowest BCUT2D eigenvalue weighted by molar-refractivity contribution is -0.144. The standard InChI is InChI=1S/C19H14ClF3N4O3S/c20-13-2-4-14(5-3-13)31-9-18(29)30-8-17(28)26-15-7-12(19(21,22)23)1-6-16(15)27-11-24-10-25-27/h1-7,10-11H,8-9H2,(H,26,28). The molecule has 7 nitrogen and oxygen atoms in total. The van der Waals surface area contributed by atoms with Gasteiger partial charge >= 0.3 is 12.1 Å². The van der Waals surface area contributed by atoms with Crippen molar-refractivity contribution >= 4 is 40.9 Å². The maximum absolute atomic E-state index is 13.1. The molecule has 0 saturated heterocycles. The predicted octanol–water partition coefficient (Wildman–Crippen LogP) is 4.21. The molecule has 2 aromatic carbocycles. The van der Waals surface area contributed by atoms with Crippen LogP contribution in [0.2, 0.25) is 5.02 Å². The van der Waals surface area contributed by atoms with Crippen LogP contribution in [0.5, 0.6) is 0 Å². The van der Waals surface area contributed by atoms with Crippen molar-refractivity contribution in [1.29, 1.82) is 0 Å². The lowest BCUT2D eigenvalue weighted by Gasteiger charge is -2.14. The highest BCUT2D eigenvalue weighted by atomic mass is 35.5. The number of nitrogens with one attached hydrogen (secondary N) is 1. The van der Waals surface area contributed by atoms with Crippen LogP contribution in [0.1, 0.15) is 5.56 Å². The Morgan fingerprint density at radius 3 is 2.55 bits per heavy atom. The molecule has 1 heterocycles. The molecular weight excluding hydrogens is 457 g/mol. The summed E-state index contributed by atoms with van der Waals surface area (Å²) in [5.41, 5.74) is -0.941. The Morgan fingerprint density at radius 1 is 1.16 bits per heavy atom. The molecule has 0 aliphatic carbocycles. The van der Waals surface area contributed by atoms with Crippen molar-refractivity contribution in [1.82, 2.24) is 14.8 Å². The van der Waals surface area contributed by atoms with Gasteiger partial charge in [-0.25, -0.2) is 9.67 Å². The Kier molecular flexibility index (Phi) is 7.18. The highest BCUT2D eigenvalue weighted by Gasteiger charge is 2.31. The fourth-order valence-electron chi connectivity index (χ4n) is 2.39. The number of alkyl halides is 3. The van der Waals surface area contributed by atoms with E-state index < -0.39 is 30.2 Å². The van der Waals surface area contributed by atoms with Gasteiger partial charge in [-0.15, -0.1) is 11.8 Å². The highest BCUT2D eigenvalue weighted by molar-refractivity contribution is 8.00. The van der Waals surface area contributed by atoms with E-state index in [0.29, 0.717) is 5.02 Å². The van der Waals surface area contributed by atoms with Gasteiger partial charge in [-0.3, -0.25) is 9.59 Å².